The number of rotatable bonds is 5. The third kappa shape index (κ3) is 3.62. The highest BCUT2D eigenvalue weighted by atomic mass is 16.4. The van der Waals surface area contributed by atoms with Crippen LogP contribution < -0.4 is 21.6 Å². The number of primary amides is 1. The van der Waals surface area contributed by atoms with E-state index in [-0.39, 0.29) is 12.1 Å². The predicted octanol–water partition coefficient (Wildman–Crippen LogP) is 3.57. The number of urea groups is 1. The van der Waals surface area contributed by atoms with Crippen LogP contribution in [0.2, 0.25) is 0 Å². The van der Waals surface area contributed by atoms with E-state index in [4.69, 9.17) is 10.2 Å². The van der Waals surface area contributed by atoms with Crippen molar-refractivity contribution in [2.75, 3.05) is 16.8 Å². The van der Waals surface area contributed by atoms with Crippen LogP contribution >= 0.6 is 0 Å². The van der Waals surface area contributed by atoms with Gasteiger partial charge in [0, 0.05) is 12.2 Å². The van der Waals surface area contributed by atoms with Crippen molar-refractivity contribution in [1.82, 2.24) is 4.98 Å². The van der Waals surface area contributed by atoms with Crippen LogP contribution in [-0.4, -0.2) is 17.6 Å². The zero-order chi connectivity index (χ0) is 19.6. The van der Waals surface area contributed by atoms with Crippen molar-refractivity contribution in [2.24, 2.45) is 5.73 Å². The first-order valence-corrected chi connectivity index (χ1v) is 8.75. The van der Waals surface area contributed by atoms with E-state index in [0.29, 0.717) is 28.7 Å². The van der Waals surface area contributed by atoms with Gasteiger partial charge in [-0.15, -0.1) is 0 Å². The molecule has 7 nitrogen and oxygen atoms in total. The van der Waals surface area contributed by atoms with E-state index in [1.165, 1.54) is 4.90 Å². The third-order valence-corrected chi connectivity index (χ3v) is 4.54. The summed E-state index contributed by atoms with van der Waals surface area (Å²) in [6, 6.07) is 12.7. The molecule has 0 radical (unpaired) electrons. The Morgan fingerprint density at radius 3 is 2.59 bits per heavy atom. The van der Waals surface area contributed by atoms with E-state index in [1.54, 1.807) is 19.1 Å². The Hall–Kier alpha value is -3.35. The molecular weight excluding hydrogens is 344 g/mol. The summed E-state index contributed by atoms with van der Waals surface area (Å²) in [7, 11) is 0. The van der Waals surface area contributed by atoms with Crippen LogP contribution in [0, 0.1) is 6.92 Å². The minimum atomic E-state index is -0.577. The van der Waals surface area contributed by atoms with Crippen LogP contribution in [0.5, 0.6) is 0 Å². The van der Waals surface area contributed by atoms with Gasteiger partial charge in [0.05, 0.1) is 16.9 Å². The molecule has 1 atom stereocenters. The maximum Gasteiger partial charge on any atom is 0.348 e. The predicted molar refractivity (Wildman–Crippen MR) is 106 cm³/mol. The van der Waals surface area contributed by atoms with Gasteiger partial charge in [0.2, 0.25) is 0 Å². The molecule has 2 aromatic carbocycles. The number of hydrogen-bond donors (Lipinski definition) is 2. The molecule has 0 bridgehead atoms. The van der Waals surface area contributed by atoms with Crippen LogP contribution in [0.3, 0.4) is 0 Å². The number of carbonyl (C=O) groups is 1. The lowest BCUT2D eigenvalue weighted by Crippen LogP contribution is -2.36. The summed E-state index contributed by atoms with van der Waals surface area (Å²) in [6.45, 7) is 5.92. The number of nitrogens with two attached hydrogens (primary N) is 1. The van der Waals surface area contributed by atoms with Crippen LogP contribution in [-0.2, 0) is 0 Å². The molecule has 140 valence electrons. The Morgan fingerprint density at radius 2 is 1.96 bits per heavy atom. The van der Waals surface area contributed by atoms with Crippen LogP contribution in [0.15, 0.2) is 51.7 Å². The average molecular weight is 366 g/mol. The molecule has 0 unspecified atom stereocenters. The molecule has 0 fully saturated rings. The molecule has 3 aromatic rings. The fraction of sp³-hybridized carbons (Fsp3) is 0.250. The van der Waals surface area contributed by atoms with Gasteiger partial charge in [-0.3, -0.25) is 4.90 Å². The summed E-state index contributed by atoms with van der Waals surface area (Å²) >= 11 is 0. The topological polar surface area (TPSA) is 101 Å². The second-order valence-electron chi connectivity index (χ2n) is 6.27. The van der Waals surface area contributed by atoms with Gasteiger partial charge in [-0.25, -0.2) is 9.59 Å². The number of nitrogens with one attached hydrogen (secondary N) is 1. The molecule has 1 aromatic heterocycles. The maximum atomic E-state index is 12.6. The number of hydrogen-bond acceptors (Lipinski definition) is 5. The summed E-state index contributed by atoms with van der Waals surface area (Å²) in [5.41, 5.74) is 7.64. The average Bonchev–Trinajstić information content (AvgIpc) is 2.64. The lowest BCUT2D eigenvalue weighted by atomic mass is 10.1. The molecule has 1 heterocycles. The minimum absolute atomic E-state index is 0.0786. The molecule has 7 heteroatoms. The number of benzene rings is 2. The molecule has 3 N–H and O–H groups in total. The van der Waals surface area contributed by atoms with Crippen molar-refractivity contribution in [3.05, 3.63) is 64.0 Å². The summed E-state index contributed by atoms with van der Waals surface area (Å²) in [5, 5.41) is 3.45. The zero-order valence-electron chi connectivity index (χ0n) is 15.5. The highest BCUT2D eigenvalue weighted by molar-refractivity contribution is 5.96. The Morgan fingerprint density at radius 1 is 1.26 bits per heavy atom. The zero-order valence-corrected chi connectivity index (χ0v) is 15.5. The fourth-order valence-corrected chi connectivity index (χ4v) is 3.12. The van der Waals surface area contributed by atoms with Crippen molar-refractivity contribution in [3.8, 4) is 0 Å². The molecule has 0 aliphatic heterocycles. The molecular formula is C20H22N4O3. The summed E-state index contributed by atoms with van der Waals surface area (Å²) in [6.07, 6.45) is 0. The van der Waals surface area contributed by atoms with Gasteiger partial charge in [-0.05, 0) is 44.0 Å². The van der Waals surface area contributed by atoms with Gasteiger partial charge in [0.25, 0.3) is 6.01 Å². The van der Waals surface area contributed by atoms with E-state index in [0.717, 1.165) is 5.56 Å². The van der Waals surface area contributed by atoms with Crippen molar-refractivity contribution in [3.63, 3.8) is 0 Å². The summed E-state index contributed by atoms with van der Waals surface area (Å²) in [5.74, 6) is 0. The van der Waals surface area contributed by atoms with Crippen LogP contribution in [0.25, 0.3) is 10.9 Å². The Bertz CT molecular complexity index is 1030. The molecule has 0 aliphatic rings. The van der Waals surface area contributed by atoms with E-state index in [1.807, 2.05) is 44.2 Å². The second kappa shape index (κ2) is 7.49. The number of aryl methyl sites for hydroxylation is 1. The smallest absolute Gasteiger partial charge is 0.348 e. The highest BCUT2D eigenvalue weighted by Crippen LogP contribution is 2.27. The van der Waals surface area contributed by atoms with Crippen molar-refractivity contribution in [1.29, 1.82) is 0 Å². The number of aromatic nitrogens is 1. The van der Waals surface area contributed by atoms with Gasteiger partial charge < -0.3 is 15.5 Å². The Kier molecular flexibility index (Phi) is 5.12. The molecule has 0 saturated heterocycles. The van der Waals surface area contributed by atoms with Crippen molar-refractivity contribution in [2.45, 2.75) is 26.8 Å². The van der Waals surface area contributed by atoms with Crippen LogP contribution in [0.1, 0.15) is 31.0 Å². The molecule has 27 heavy (non-hydrogen) atoms. The third-order valence-electron chi connectivity index (χ3n) is 4.54. The van der Waals surface area contributed by atoms with Gasteiger partial charge in [-0.1, -0.05) is 30.3 Å². The first-order chi connectivity index (χ1) is 12.9. The van der Waals surface area contributed by atoms with E-state index in [9.17, 15) is 9.59 Å². The lowest BCUT2D eigenvalue weighted by molar-refractivity contribution is 0.254. The maximum absolute atomic E-state index is 12.6. The second-order valence-corrected chi connectivity index (χ2v) is 6.27. The van der Waals surface area contributed by atoms with Crippen molar-refractivity contribution < 1.29 is 9.21 Å². The van der Waals surface area contributed by atoms with E-state index < -0.39 is 11.7 Å². The molecule has 3 rings (SSSR count). The highest BCUT2D eigenvalue weighted by Gasteiger charge is 2.18. The monoisotopic (exact) mass is 366 g/mol. The van der Waals surface area contributed by atoms with Crippen LogP contribution in [0.4, 0.5) is 16.5 Å². The Balaban J connectivity index is 2.01. The number of fused-ring (bicyclic) bond motifs is 1. The quantitative estimate of drug-likeness (QED) is 0.719. The molecule has 2 amide bonds. The molecule has 0 aliphatic carbocycles. The standard InChI is InChI=1S/C20H22N4O3/c1-4-24(19(21)26)16-11-10-15-17(12(16)2)18(25)27-20(23-15)22-13(3)14-8-6-5-7-9-14/h5-11,13H,4H2,1-3H3,(H2,21,26)(H,22,23)/t13-/m0/s1. The molecule has 0 saturated carbocycles. The first kappa shape index (κ1) is 18.4. The normalized spacial score (nSPS) is 12.0. The fourth-order valence-electron chi connectivity index (χ4n) is 3.12. The van der Waals surface area contributed by atoms with Gasteiger partial charge in [0.1, 0.15) is 0 Å². The van der Waals surface area contributed by atoms with Gasteiger partial charge in [0.15, 0.2) is 0 Å². The lowest BCUT2D eigenvalue weighted by Gasteiger charge is -2.21. The van der Waals surface area contributed by atoms with Crippen molar-refractivity contribution >= 4 is 28.6 Å². The number of amides is 2. The number of nitrogens with zero attached hydrogens (tertiary/aromatic N) is 2. The van der Waals surface area contributed by atoms with Gasteiger partial charge >= 0.3 is 11.7 Å². The minimum Gasteiger partial charge on any atom is -0.389 e. The molecule has 0 spiro atoms. The van der Waals surface area contributed by atoms with Gasteiger partial charge in [-0.2, -0.15) is 4.98 Å². The first-order valence-electron chi connectivity index (χ1n) is 8.75. The largest absolute Gasteiger partial charge is 0.389 e. The van der Waals surface area contributed by atoms with E-state index in [2.05, 4.69) is 10.3 Å². The SMILES string of the molecule is CCN(C(N)=O)c1ccc2nc(N[C@@H](C)c3ccccc3)oc(=O)c2c1C. The number of anilines is 2. The Labute approximate surface area is 156 Å². The summed E-state index contributed by atoms with van der Waals surface area (Å²) in [4.78, 5) is 30.0. The summed E-state index contributed by atoms with van der Waals surface area (Å²) < 4.78 is 5.38. The number of carbonyl (C=O) groups excluding carboxylic acids is 1. The van der Waals surface area contributed by atoms with E-state index >= 15 is 0 Å².